The van der Waals surface area contributed by atoms with Crippen LogP contribution in [0.4, 0.5) is 0 Å². The van der Waals surface area contributed by atoms with Crippen LogP contribution in [-0.2, 0) is 4.74 Å². The number of piperidine rings is 1. The summed E-state index contributed by atoms with van der Waals surface area (Å²) in [5.41, 5.74) is -0.397. The third-order valence-corrected chi connectivity index (χ3v) is 3.76. The highest BCUT2D eigenvalue weighted by Crippen LogP contribution is 2.16. The molecule has 0 amide bonds. The van der Waals surface area contributed by atoms with Crippen LogP contribution in [0.25, 0.3) is 0 Å². The van der Waals surface area contributed by atoms with Crippen LogP contribution < -0.4 is 5.32 Å². The van der Waals surface area contributed by atoms with Crippen molar-refractivity contribution in [3.05, 3.63) is 0 Å². The Kier molecular flexibility index (Phi) is 7.37. The second-order valence-corrected chi connectivity index (χ2v) is 5.66. The third kappa shape index (κ3) is 5.90. The van der Waals surface area contributed by atoms with Gasteiger partial charge >= 0.3 is 0 Å². The van der Waals surface area contributed by atoms with Gasteiger partial charge in [-0.2, -0.15) is 5.26 Å². The van der Waals surface area contributed by atoms with Crippen molar-refractivity contribution in [2.75, 3.05) is 32.8 Å². The minimum Gasteiger partial charge on any atom is -0.377 e. The first-order valence-corrected chi connectivity index (χ1v) is 7.63. The standard InChI is InChI=1S/C15H29N3O/c1-4-11-19-14-7-6-9-18(12-14)10-8-15(3,13-16)17-5-2/h14,17H,4-12H2,1-3H3. The van der Waals surface area contributed by atoms with Gasteiger partial charge in [0.15, 0.2) is 0 Å². The van der Waals surface area contributed by atoms with Crippen molar-refractivity contribution in [3.8, 4) is 6.07 Å². The first kappa shape index (κ1) is 16.4. The van der Waals surface area contributed by atoms with E-state index >= 15 is 0 Å². The maximum Gasteiger partial charge on any atom is 0.105 e. The fourth-order valence-corrected chi connectivity index (χ4v) is 2.59. The average Bonchev–Trinajstić information content (AvgIpc) is 2.44. The lowest BCUT2D eigenvalue weighted by Crippen LogP contribution is -2.46. The van der Waals surface area contributed by atoms with E-state index in [1.807, 2.05) is 13.8 Å². The molecular weight excluding hydrogens is 238 g/mol. The minimum atomic E-state index is -0.397. The lowest BCUT2D eigenvalue weighted by molar-refractivity contribution is -0.00131. The first-order chi connectivity index (χ1) is 9.13. The summed E-state index contributed by atoms with van der Waals surface area (Å²) in [6.45, 7) is 11.0. The molecule has 0 bridgehead atoms. The van der Waals surface area contributed by atoms with E-state index in [0.717, 1.165) is 45.6 Å². The van der Waals surface area contributed by atoms with E-state index in [2.05, 4.69) is 23.2 Å². The van der Waals surface area contributed by atoms with Crippen LogP contribution in [0.3, 0.4) is 0 Å². The van der Waals surface area contributed by atoms with Gasteiger partial charge in [-0.05, 0) is 45.7 Å². The summed E-state index contributed by atoms with van der Waals surface area (Å²) in [6.07, 6.45) is 4.74. The second-order valence-electron chi connectivity index (χ2n) is 5.66. The summed E-state index contributed by atoms with van der Waals surface area (Å²) in [7, 11) is 0. The van der Waals surface area contributed by atoms with E-state index in [9.17, 15) is 5.26 Å². The lowest BCUT2D eigenvalue weighted by atomic mass is 9.98. The molecule has 19 heavy (non-hydrogen) atoms. The molecule has 110 valence electrons. The number of ether oxygens (including phenoxy) is 1. The lowest BCUT2D eigenvalue weighted by Gasteiger charge is -2.34. The summed E-state index contributed by atoms with van der Waals surface area (Å²) in [5, 5.41) is 12.5. The molecule has 0 radical (unpaired) electrons. The molecule has 4 heteroatoms. The molecule has 0 aliphatic carbocycles. The smallest absolute Gasteiger partial charge is 0.105 e. The molecule has 0 saturated carbocycles. The van der Waals surface area contributed by atoms with Crippen LogP contribution in [0, 0.1) is 11.3 Å². The topological polar surface area (TPSA) is 48.3 Å². The van der Waals surface area contributed by atoms with Crippen molar-refractivity contribution in [2.24, 2.45) is 0 Å². The molecule has 1 N–H and O–H groups in total. The Morgan fingerprint density at radius 1 is 1.47 bits per heavy atom. The van der Waals surface area contributed by atoms with Gasteiger partial charge in [0.2, 0.25) is 0 Å². The van der Waals surface area contributed by atoms with E-state index in [1.165, 1.54) is 12.8 Å². The number of hydrogen-bond donors (Lipinski definition) is 1. The monoisotopic (exact) mass is 267 g/mol. The van der Waals surface area contributed by atoms with Gasteiger partial charge in [0.1, 0.15) is 5.54 Å². The predicted molar refractivity (Wildman–Crippen MR) is 78.0 cm³/mol. The van der Waals surface area contributed by atoms with E-state index in [0.29, 0.717) is 6.10 Å². The first-order valence-electron chi connectivity index (χ1n) is 7.63. The normalized spacial score (nSPS) is 23.8. The molecule has 1 aliphatic rings. The number of likely N-dealkylation sites (tertiary alicyclic amines) is 1. The largest absolute Gasteiger partial charge is 0.377 e. The molecule has 0 aromatic carbocycles. The van der Waals surface area contributed by atoms with Crippen molar-refractivity contribution >= 4 is 0 Å². The average molecular weight is 267 g/mol. The van der Waals surface area contributed by atoms with Gasteiger partial charge in [-0.25, -0.2) is 0 Å². The molecule has 1 aliphatic heterocycles. The van der Waals surface area contributed by atoms with Gasteiger partial charge in [0.05, 0.1) is 12.2 Å². The van der Waals surface area contributed by atoms with E-state index < -0.39 is 5.54 Å². The summed E-state index contributed by atoms with van der Waals surface area (Å²) in [6, 6.07) is 2.40. The van der Waals surface area contributed by atoms with Crippen LogP contribution in [-0.4, -0.2) is 49.3 Å². The summed E-state index contributed by atoms with van der Waals surface area (Å²) in [5.74, 6) is 0. The maximum absolute atomic E-state index is 9.26. The number of nitriles is 1. The Hall–Kier alpha value is -0.630. The molecule has 2 unspecified atom stereocenters. The Morgan fingerprint density at radius 3 is 2.89 bits per heavy atom. The molecule has 1 saturated heterocycles. The summed E-state index contributed by atoms with van der Waals surface area (Å²) >= 11 is 0. The fourth-order valence-electron chi connectivity index (χ4n) is 2.59. The number of rotatable bonds is 8. The minimum absolute atomic E-state index is 0.390. The summed E-state index contributed by atoms with van der Waals surface area (Å²) in [4.78, 5) is 2.44. The van der Waals surface area contributed by atoms with Crippen LogP contribution in [0.2, 0.25) is 0 Å². The molecule has 2 atom stereocenters. The highest BCUT2D eigenvalue weighted by atomic mass is 16.5. The van der Waals surface area contributed by atoms with E-state index in [-0.39, 0.29) is 0 Å². The van der Waals surface area contributed by atoms with Gasteiger partial charge in [0, 0.05) is 19.7 Å². The molecule has 1 rings (SSSR count). The Morgan fingerprint density at radius 2 is 2.26 bits per heavy atom. The molecule has 0 aromatic rings. The molecular formula is C15H29N3O. The highest BCUT2D eigenvalue weighted by molar-refractivity contribution is 5.03. The van der Waals surface area contributed by atoms with E-state index in [4.69, 9.17) is 4.74 Å². The Balaban J connectivity index is 2.34. The maximum atomic E-state index is 9.26. The van der Waals surface area contributed by atoms with Gasteiger partial charge in [-0.15, -0.1) is 0 Å². The Bertz CT molecular complexity index is 290. The van der Waals surface area contributed by atoms with Gasteiger partial charge in [-0.1, -0.05) is 13.8 Å². The second kappa shape index (κ2) is 8.52. The number of nitrogens with one attached hydrogen (secondary N) is 1. The van der Waals surface area contributed by atoms with Crippen LogP contribution >= 0.6 is 0 Å². The van der Waals surface area contributed by atoms with Crippen molar-refractivity contribution in [3.63, 3.8) is 0 Å². The predicted octanol–water partition coefficient (Wildman–Crippen LogP) is 2.16. The van der Waals surface area contributed by atoms with Crippen LogP contribution in [0.5, 0.6) is 0 Å². The van der Waals surface area contributed by atoms with Crippen molar-refractivity contribution < 1.29 is 4.74 Å². The molecule has 0 spiro atoms. The van der Waals surface area contributed by atoms with Gasteiger partial charge in [-0.3, -0.25) is 5.32 Å². The van der Waals surface area contributed by atoms with E-state index in [1.54, 1.807) is 0 Å². The molecule has 1 fully saturated rings. The fraction of sp³-hybridized carbons (Fsp3) is 0.933. The number of hydrogen-bond acceptors (Lipinski definition) is 4. The zero-order valence-electron chi connectivity index (χ0n) is 12.7. The third-order valence-electron chi connectivity index (χ3n) is 3.76. The zero-order chi connectivity index (χ0) is 14.1. The zero-order valence-corrected chi connectivity index (χ0v) is 12.7. The van der Waals surface area contributed by atoms with Gasteiger partial charge < -0.3 is 9.64 Å². The van der Waals surface area contributed by atoms with Crippen molar-refractivity contribution in [2.45, 2.75) is 58.1 Å². The highest BCUT2D eigenvalue weighted by Gasteiger charge is 2.25. The SMILES string of the molecule is CCCOC1CCCN(CCC(C)(C#N)NCC)C1. The van der Waals surface area contributed by atoms with Crippen LogP contribution in [0.15, 0.2) is 0 Å². The van der Waals surface area contributed by atoms with Crippen molar-refractivity contribution in [1.29, 1.82) is 5.26 Å². The molecule has 0 aromatic heterocycles. The molecule has 1 heterocycles. The molecule has 4 nitrogen and oxygen atoms in total. The number of nitrogens with zero attached hydrogens (tertiary/aromatic N) is 2. The summed E-state index contributed by atoms with van der Waals surface area (Å²) < 4.78 is 5.85. The van der Waals surface area contributed by atoms with Crippen LogP contribution in [0.1, 0.15) is 46.5 Å². The quantitative estimate of drug-likeness (QED) is 0.732. The van der Waals surface area contributed by atoms with Crippen molar-refractivity contribution in [1.82, 2.24) is 10.2 Å². The van der Waals surface area contributed by atoms with Gasteiger partial charge in [0.25, 0.3) is 0 Å². The Labute approximate surface area is 118 Å².